The number of rotatable bonds is 0. The second-order valence-electron chi connectivity index (χ2n) is 3.04. The highest BCUT2D eigenvalue weighted by Gasteiger charge is 2.38. The molecule has 1 aliphatic rings. The molecule has 0 spiro atoms. The van der Waals surface area contributed by atoms with Gasteiger partial charge in [-0.3, -0.25) is 4.79 Å². The summed E-state index contributed by atoms with van der Waals surface area (Å²) in [6.07, 6.45) is 1.91. The lowest BCUT2D eigenvalue weighted by Crippen LogP contribution is -2.44. The first-order chi connectivity index (χ1) is 4.54. The molecule has 0 bridgehead atoms. The van der Waals surface area contributed by atoms with Crippen LogP contribution in [0.4, 0.5) is 0 Å². The van der Waals surface area contributed by atoms with Crippen molar-refractivity contribution >= 4 is 17.4 Å². The van der Waals surface area contributed by atoms with E-state index >= 15 is 0 Å². The third kappa shape index (κ3) is 1.32. The fourth-order valence-corrected chi connectivity index (χ4v) is 1.44. The molecule has 2 nitrogen and oxygen atoms in total. The van der Waals surface area contributed by atoms with Crippen LogP contribution in [-0.4, -0.2) is 21.9 Å². The highest BCUT2D eigenvalue weighted by Crippen LogP contribution is 2.29. The maximum Gasteiger partial charge on any atom is 0.153 e. The minimum atomic E-state index is -0.975. The number of carbonyl (C=O) groups excluding carboxylic acids is 1. The maximum atomic E-state index is 10.9. The quantitative estimate of drug-likeness (QED) is 0.542. The van der Waals surface area contributed by atoms with Crippen LogP contribution < -0.4 is 0 Å². The maximum absolute atomic E-state index is 10.9. The van der Waals surface area contributed by atoms with Crippen molar-refractivity contribution in [1.29, 1.82) is 0 Å². The van der Waals surface area contributed by atoms with Gasteiger partial charge in [0.1, 0.15) is 5.38 Å². The molecule has 0 heterocycles. The summed E-state index contributed by atoms with van der Waals surface area (Å²) >= 11 is 5.66. The van der Waals surface area contributed by atoms with Crippen LogP contribution in [0.25, 0.3) is 0 Å². The minimum absolute atomic E-state index is 0.0297. The van der Waals surface area contributed by atoms with Gasteiger partial charge in [-0.1, -0.05) is 0 Å². The van der Waals surface area contributed by atoms with Crippen molar-refractivity contribution in [2.75, 3.05) is 0 Å². The van der Waals surface area contributed by atoms with Crippen LogP contribution in [0.2, 0.25) is 0 Å². The Hall–Kier alpha value is -0.0800. The van der Waals surface area contributed by atoms with E-state index in [0.29, 0.717) is 12.8 Å². The van der Waals surface area contributed by atoms with Gasteiger partial charge in [-0.05, 0) is 19.8 Å². The van der Waals surface area contributed by atoms with Crippen molar-refractivity contribution in [2.24, 2.45) is 0 Å². The van der Waals surface area contributed by atoms with Crippen molar-refractivity contribution < 1.29 is 9.90 Å². The third-order valence-electron chi connectivity index (χ3n) is 1.93. The Morgan fingerprint density at radius 2 is 2.40 bits per heavy atom. The van der Waals surface area contributed by atoms with E-state index in [4.69, 9.17) is 11.6 Å². The molecule has 58 valence electrons. The number of carbonyl (C=O) groups is 1. The van der Waals surface area contributed by atoms with Crippen LogP contribution in [0.15, 0.2) is 0 Å². The molecule has 0 aromatic carbocycles. The number of halogens is 1. The van der Waals surface area contributed by atoms with Gasteiger partial charge < -0.3 is 5.11 Å². The lowest BCUT2D eigenvalue weighted by Gasteiger charge is -2.31. The summed E-state index contributed by atoms with van der Waals surface area (Å²) in [5.41, 5.74) is -0.975. The zero-order chi connectivity index (χ0) is 7.78. The van der Waals surface area contributed by atoms with E-state index in [2.05, 4.69) is 0 Å². The van der Waals surface area contributed by atoms with Crippen molar-refractivity contribution in [2.45, 2.75) is 37.2 Å². The van der Waals surface area contributed by atoms with Gasteiger partial charge in [-0.25, -0.2) is 0 Å². The van der Waals surface area contributed by atoms with Gasteiger partial charge in [0.25, 0.3) is 0 Å². The topological polar surface area (TPSA) is 37.3 Å². The highest BCUT2D eigenvalue weighted by atomic mass is 35.5. The molecule has 0 aliphatic heterocycles. The summed E-state index contributed by atoms with van der Waals surface area (Å²) in [7, 11) is 0. The van der Waals surface area contributed by atoms with Crippen LogP contribution in [-0.2, 0) is 4.79 Å². The SMILES string of the molecule is C[C@]1(O)CCCC(=O)[C@@H]1Cl. The predicted octanol–water partition coefficient (Wildman–Crippen LogP) is 1.10. The van der Waals surface area contributed by atoms with Gasteiger partial charge in [0.05, 0.1) is 5.60 Å². The van der Waals surface area contributed by atoms with E-state index in [9.17, 15) is 9.90 Å². The number of Topliss-reactive ketones (excluding diaryl/α,β-unsaturated/α-hetero) is 1. The van der Waals surface area contributed by atoms with Crippen molar-refractivity contribution in [3.05, 3.63) is 0 Å². The Kier molecular flexibility index (Phi) is 2.02. The first-order valence-electron chi connectivity index (χ1n) is 3.43. The molecule has 3 heteroatoms. The number of alkyl halides is 1. The fourth-order valence-electron chi connectivity index (χ4n) is 1.22. The Morgan fingerprint density at radius 3 is 2.80 bits per heavy atom. The number of hydrogen-bond donors (Lipinski definition) is 1. The van der Waals surface area contributed by atoms with Gasteiger partial charge in [0.2, 0.25) is 0 Å². The van der Waals surface area contributed by atoms with Crippen molar-refractivity contribution in [3.63, 3.8) is 0 Å². The van der Waals surface area contributed by atoms with Gasteiger partial charge in [0, 0.05) is 6.42 Å². The molecular formula is C7H11ClO2. The molecule has 0 saturated heterocycles. The van der Waals surface area contributed by atoms with E-state index < -0.39 is 11.0 Å². The molecule has 0 aromatic rings. The molecule has 1 rings (SSSR count). The van der Waals surface area contributed by atoms with E-state index in [0.717, 1.165) is 6.42 Å². The number of hydrogen-bond acceptors (Lipinski definition) is 2. The molecule has 0 aromatic heterocycles. The number of ketones is 1. The zero-order valence-electron chi connectivity index (χ0n) is 5.93. The average Bonchev–Trinajstić information content (AvgIpc) is 1.83. The smallest absolute Gasteiger partial charge is 0.153 e. The Labute approximate surface area is 65.2 Å². The highest BCUT2D eigenvalue weighted by molar-refractivity contribution is 6.32. The standard InChI is InChI=1S/C7H11ClO2/c1-7(10)4-2-3-5(9)6(7)8/h6,10H,2-4H2,1H3/t6-,7-/m0/s1. The lowest BCUT2D eigenvalue weighted by molar-refractivity contribution is -0.126. The summed E-state index contributed by atoms with van der Waals surface area (Å²) in [6.45, 7) is 1.61. The molecule has 0 amide bonds. The number of aliphatic hydroxyl groups is 1. The van der Waals surface area contributed by atoms with Crippen LogP contribution in [0.3, 0.4) is 0 Å². The molecule has 1 N–H and O–H groups in total. The molecule has 0 radical (unpaired) electrons. The molecule has 1 aliphatic carbocycles. The summed E-state index contributed by atoms with van der Waals surface area (Å²) in [4.78, 5) is 10.9. The Balaban J connectivity index is 2.69. The van der Waals surface area contributed by atoms with Gasteiger partial charge in [-0.2, -0.15) is 0 Å². The van der Waals surface area contributed by atoms with Gasteiger partial charge >= 0.3 is 0 Å². The molecule has 0 unspecified atom stereocenters. The van der Waals surface area contributed by atoms with Crippen molar-refractivity contribution in [3.8, 4) is 0 Å². The molecule has 10 heavy (non-hydrogen) atoms. The molecule has 1 fully saturated rings. The van der Waals surface area contributed by atoms with Crippen LogP contribution in [0, 0.1) is 0 Å². The lowest BCUT2D eigenvalue weighted by atomic mass is 9.85. The van der Waals surface area contributed by atoms with Crippen LogP contribution in [0.5, 0.6) is 0 Å². The van der Waals surface area contributed by atoms with E-state index in [-0.39, 0.29) is 5.78 Å². The first-order valence-corrected chi connectivity index (χ1v) is 3.87. The molecular weight excluding hydrogens is 152 g/mol. The molecule has 1 saturated carbocycles. The summed E-state index contributed by atoms with van der Waals surface area (Å²) < 4.78 is 0. The summed E-state index contributed by atoms with van der Waals surface area (Å²) in [5, 5.41) is 8.77. The Morgan fingerprint density at radius 1 is 1.80 bits per heavy atom. The second kappa shape index (κ2) is 2.51. The predicted molar refractivity (Wildman–Crippen MR) is 39.1 cm³/mol. The largest absolute Gasteiger partial charge is 0.388 e. The van der Waals surface area contributed by atoms with E-state index in [1.807, 2.05) is 0 Å². The van der Waals surface area contributed by atoms with E-state index in [1.54, 1.807) is 6.92 Å². The normalized spacial score (nSPS) is 41.9. The van der Waals surface area contributed by atoms with E-state index in [1.165, 1.54) is 0 Å². The summed E-state index contributed by atoms with van der Waals surface area (Å²) in [6, 6.07) is 0. The second-order valence-corrected chi connectivity index (χ2v) is 3.48. The average molecular weight is 163 g/mol. The third-order valence-corrected chi connectivity index (χ3v) is 2.65. The molecule has 2 atom stereocenters. The zero-order valence-corrected chi connectivity index (χ0v) is 6.69. The Bertz CT molecular complexity index is 154. The van der Waals surface area contributed by atoms with Crippen molar-refractivity contribution in [1.82, 2.24) is 0 Å². The van der Waals surface area contributed by atoms with Gasteiger partial charge in [-0.15, -0.1) is 11.6 Å². The van der Waals surface area contributed by atoms with Crippen LogP contribution in [0.1, 0.15) is 26.2 Å². The summed E-state index contributed by atoms with van der Waals surface area (Å²) in [5.74, 6) is -0.0297. The first kappa shape index (κ1) is 8.02. The minimum Gasteiger partial charge on any atom is -0.388 e. The monoisotopic (exact) mass is 162 g/mol. The fraction of sp³-hybridized carbons (Fsp3) is 0.857. The van der Waals surface area contributed by atoms with Gasteiger partial charge in [0.15, 0.2) is 5.78 Å². The van der Waals surface area contributed by atoms with Crippen LogP contribution >= 0.6 is 11.6 Å².